The molecular formula is C33H28Cl2N4O2. The summed E-state index contributed by atoms with van der Waals surface area (Å²) in [6, 6.07) is 28.0. The van der Waals surface area contributed by atoms with Gasteiger partial charge in [0, 0.05) is 34.3 Å². The van der Waals surface area contributed by atoms with Crippen molar-refractivity contribution in [2.24, 2.45) is 0 Å². The summed E-state index contributed by atoms with van der Waals surface area (Å²) >= 11 is 11.9. The van der Waals surface area contributed by atoms with Gasteiger partial charge >= 0.3 is 0 Å². The second kappa shape index (κ2) is 12.1. The first-order chi connectivity index (χ1) is 19.8. The minimum absolute atomic E-state index is 0.0679. The highest BCUT2D eigenvalue weighted by Crippen LogP contribution is 2.24. The quantitative estimate of drug-likeness (QED) is 0.213. The molecule has 6 aromatic rings. The standard InChI is InChI=1S/C17H15ClN2O.C16H13ClN2O/c1-3-20-15-7-5-4-6-14(15)19-16(17(20)21)13-9-8-12(18)10-11(13)2;1-2-19-14-6-4-3-5-13(14)18-15(16(19)20)11-7-9-12(17)10-8-11/h4-10H,3H2,1-2H3;3-10H,2H2,1H3. The van der Waals surface area contributed by atoms with Crippen molar-refractivity contribution in [1.29, 1.82) is 0 Å². The van der Waals surface area contributed by atoms with Crippen LogP contribution in [-0.4, -0.2) is 19.1 Å². The first-order valence-electron chi connectivity index (χ1n) is 13.3. The summed E-state index contributed by atoms with van der Waals surface area (Å²) in [5, 5.41) is 1.30. The van der Waals surface area contributed by atoms with Gasteiger partial charge in [-0.15, -0.1) is 0 Å². The molecule has 0 saturated carbocycles. The molecule has 0 amide bonds. The van der Waals surface area contributed by atoms with Gasteiger partial charge < -0.3 is 9.13 Å². The summed E-state index contributed by atoms with van der Waals surface area (Å²) in [5.41, 5.74) is 6.72. The van der Waals surface area contributed by atoms with E-state index in [2.05, 4.69) is 9.97 Å². The molecule has 0 atom stereocenters. The Bertz CT molecular complexity index is 2000. The van der Waals surface area contributed by atoms with Gasteiger partial charge in [0.25, 0.3) is 11.1 Å². The molecule has 0 aliphatic carbocycles. The zero-order valence-electron chi connectivity index (χ0n) is 22.9. The maximum absolute atomic E-state index is 12.7. The SMILES string of the molecule is CCn1c(=O)c(-c2ccc(Cl)cc2)nc2ccccc21.CCn1c(=O)c(-c2ccc(Cl)cc2C)nc2ccccc21. The Morgan fingerprint density at radius 2 is 1.12 bits per heavy atom. The van der Waals surface area contributed by atoms with Gasteiger partial charge in [0.2, 0.25) is 0 Å². The summed E-state index contributed by atoms with van der Waals surface area (Å²) in [5.74, 6) is 0. The lowest BCUT2D eigenvalue weighted by Gasteiger charge is -2.11. The van der Waals surface area contributed by atoms with Crippen LogP contribution in [0.4, 0.5) is 0 Å². The molecule has 0 radical (unpaired) electrons. The van der Waals surface area contributed by atoms with Crippen molar-refractivity contribution < 1.29 is 0 Å². The van der Waals surface area contributed by atoms with Crippen molar-refractivity contribution in [2.75, 3.05) is 0 Å². The number of hydrogen-bond donors (Lipinski definition) is 0. The van der Waals surface area contributed by atoms with Crippen molar-refractivity contribution in [3.63, 3.8) is 0 Å². The number of benzene rings is 4. The Kier molecular flexibility index (Phi) is 8.34. The summed E-state index contributed by atoms with van der Waals surface area (Å²) in [7, 11) is 0. The van der Waals surface area contributed by atoms with E-state index in [9.17, 15) is 9.59 Å². The zero-order chi connectivity index (χ0) is 29.1. The minimum atomic E-state index is -0.0754. The van der Waals surface area contributed by atoms with Crippen LogP contribution in [0, 0.1) is 6.92 Å². The predicted molar refractivity (Wildman–Crippen MR) is 169 cm³/mol. The molecule has 6 nitrogen and oxygen atoms in total. The molecular weight excluding hydrogens is 555 g/mol. The van der Waals surface area contributed by atoms with Gasteiger partial charge in [-0.1, -0.05) is 65.7 Å². The maximum atomic E-state index is 12.7. The molecule has 0 unspecified atom stereocenters. The van der Waals surface area contributed by atoms with E-state index in [0.717, 1.165) is 38.8 Å². The van der Waals surface area contributed by atoms with Crippen LogP contribution in [0.25, 0.3) is 44.6 Å². The van der Waals surface area contributed by atoms with Crippen molar-refractivity contribution in [3.8, 4) is 22.5 Å². The highest BCUT2D eigenvalue weighted by Gasteiger charge is 2.14. The first-order valence-corrected chi connectivity index (χ1v) is 14.1. The average Bonchev–Trinajstić information content (AvgIpc) is 2.98. The lowest BCUT2D eigenvalue weighted by molar-refractivity contribution is 0.755. The van der Waals surface area contributed by atoms with Crippen molar-refractivity contribution in [3.05, 3.63) is 127 Å². The normalized spacial score (nSPS) is 11.0. The van der Waals surface area contributed by atoms with Crippen LogP contribution in [0.3, 0.4) is 0 Å². The Hall–Kier alpha value is -4.26. The van der Waals surface area contributed by atoms with E-state index in [4.69, 9.17) is 23.2 Å². The average molecular weight is 584 g/mol. The van der Waals surface area contributed by atoms with Crippen LogP contribution < -0.4 is 11.1 Å². The molecule has 41 heavy (non-hydrogen) atoms. The van der Waals surface area contributed by atoms with Crippen LogP contribution in [0.2, 0.25) is 10.0 Å². The molecule has 0 spiro atoms. The molecule has 0 aliphatic rings. The summed E-state index contributed by atoms with van der Waals surface area (Å²) in [6.45, 7) is 7.09. The molecule has 2 heterocycles. The number of hydrogen-bond acceptors (Lipinski definition) is 4. The van der Waals surface area contributed by atoms with Gasteiger partial charge in [-0.05, 0) is 74.9 Å². The second-order valence-corrected chi connectivity index (χ2v) is 10.3. The topological polar surface area (TPSA) is 69.8 Å². The lowest BCUT2D eigenvalue weighted by atomic mass is 10.1. The molecule has 4 aromatic carbocycles. The van der Waals surface area contributed by atoms with Crippen LogP contribution in [0.1, 0.15) is 19.4 Å². The van der Waals surface area contributed by atoms with Gasteiger partial charge in [0.15, 0.2) is 0 Å². The number of para-hydroxylation sites is 4. The first kappa shape index (κ1) is 28.3. The third-order valence-electron chi connectivity index (χ3n) is 6.90. The Labute approximate surface area is 247 Å². The van der Waals surface area contributed by atoms with Crippen LogP contribution in [0.5, 0.6) is 0 Å². The van der Waals surface area contributed by atoms with E-state index < -0.39 is 0 Å². The van der Waals surface area contributed by atoms with E-state index in [-0.39, 0.29) is 11.1 Å². The van der Waals surface area contributed by atoms with E-state index >= 15 is 0 Å². The minimum Gasteiger partial charge on any atom is -0.305 e. The fourth-order valence-corrected chi connectivity index (χ4v) is 5.23. The molecule has 0 fully saturated rings. The highest BCUT2D eigenvalue weighted by molar-refractivity contribution is 6.31. The fourth-order valence-electron chi connectivity index (χ4n) is 4.88. The second-order valence-electron chi connectivity index (χ2n) is 9.46. The number of rotatable bonds is 4. The molecule has 0 aliphatic heterocycles. The number of fused-ring (bicyclic) bond motifs is 2. The van der Waals surface area contributed by atoms with E-state index in [0.29, 0.717) is 34.5 Å². The largest absolute Gasteiger partial charge is 0.305 e. The number of aromatic nitrogens is 4. The Morgan fingerprint density at radius 1 is 0.634 bits per heavy atom. The van der Waals surface area contributed by atoms with Crippen LogP contribution in [0.15, 0.2) is 101 Å². The molecule has 0 saturated heterocycles. The van der Waals surface area contributed by atoms with Gasteiger partial charge in [-0.3, -0.25) is 9.59 Å². The molecule has 206 valence electrons. The van der Waals surface area contributed by atoms with Crippen molar-refractivity contribution in [1.82, 2.24) is 19.1 Å². The third-order valence-corrected chi connectivity index (χ3v) is 7.39. The van der Waals surface area contributed by atoms with Gasteiger partial charge in [0.1, 0.15) is 11.4 Å². The molecule has 8 heteroatoms. The third kappa shape index (κ3) is 5.67. The van der Waals surface area contributed by atoms with Crippen LogP contribution in [-0.2, 0) is 13.1 Å². The zero-order valence-corrected chi connectivity index (χ0v) is 24.4. The van der Waals surface area contributed by atoms with Gasteiger partial charge in [-0.2, -0.15) is 0 Å². The van der Waals surface area contributed by atoms with Crippen LogP contribution >= 0.6 is 23.2 Å². The van der Waals surface area contributed by atoms with Crippen molar-refractivity contribution in [2.45, 2.75) is 33.9 Å². The van der Waals surface area contributed by atoms with Gasteiger partial charge in [-0.25, -0.2) is 9.97 Å². The Balaban J connectivity index is 0.000000165. The lowest BCUT2D eigenvalue weighted by Crippen LogP contribution is -2.23. The maximum Gasteiger partial charge on any atom is 0.277 e. The van der Waals surface area contributed by atoms with Gasteiger partial charge in [0.05, 0.1) is 22.1 Å². The summed E-state index contributed by atoms with van der Waals surface area (Å²) in [6.07, 6.45) is 0. The van der Waals surface area contributed by atoms with E-state index in [1.807, 2.05) is 93.6 Å². The predicted octanol–water partition coefficient (Wildman–Crippen LogP) is 7.78. The molecule has 6 rings (SSSR count). The number of nitrogens with zero attached hydrogens (tertiary/aromatic N) is 4. The summed E-state index contributed by atoms with van der Waals surface area (Å²) in [4.78, 5) is 34.4. The molecule has 2 aromatic heterocycles. The summed E-state index contributed by atoms with van der Waals surface area (Å²) < 4.78 is 3.50. The van der Waals surface area contributed by atoms with E-state index in [1.54, 1.807) is 27.3 Å². The highest BCUT2D eigenvalue weighted by atomic mass is 35.5. The molecule has 0 bridgehead atoms. The number of halogens is 2. The Morgan fingerprint density at radius 3 is 1.66 bits per heavy atom. The number of aryl methyl sites for hydroxylation is 3. The fraction of sp³-hybridized carbons (Fsp3) is 0.152. The molecule has 0 N–H and O–H groups in total. The van der Waals surface area contributed by atoms with Crippen molar-refractivity contribution >= 4 is 45.3 Å². The smallest absolute Gasteiger partial charge is 0.277 e. The monoisotopic (exact) mass is 582 g/mol. The van der Waals surface area contributed by atoms with E-state index in [1.165, 1.54) is 0 Å².